The number of rotatable bonds is 9. The first-order valence-electron chi connectivity index (χ1n) is 6.93. The van der Waals surface area contributed by atoms with E-state index in [-0.39, 0.29) is 23.8 Å². The third-order valence-corrected chi connectivity index (χ3v) is 2.96. The molecule has 0 aromatic carbocycles. The van der Waals surface area contributed by atoms with E-state index in [2.05, 4.69) is 13.2 Å². The van der Waals surface area contributed by atoms with Gasteiger partial charge in [0.05, 0.1) is 13.2 Å². The van der Waals surface area contributed by atoms with Gasteiger partial charge in [-0.25, -0.2) is 9.59 Å². The van der Waals surface area contributed by atoms with Gasteiger partial charge >= 0.3 is 11.9 Å². The Bertz CT molecular complexity index is 371. The maximum atomic E-state index is 11.3. The van der Waals surface area contributed by atoms with E-state index in [0.29, 0.717) is 24.4 Å². The van der Waals surface area contributed by atoms with Gasteiger partial charge in [-0.3, -0.25) is 0 Å². The minimum Gasteiger partial charge on any atom is -0.462 e. The lowest BCUT2D eigenvalue weighted by molar-refractivity contribution is -0.140. The monoisotopic (exact) mass is 282 g/mol. The number of hydrogen-bond acceptors (Lipinski definition) is 4. The molecule has 4 nitrogen and oxygen atoms in total. The van der Waals surface area contributed by atoms with Crippen LogP contribution in [0.2, 0.25) is 0 Å². The Labute approximate surface area is 121 Å². The normalized spacial score (nSPS) is 13.2. The molecule has 0 amide bonds. The lowest BCUT2D eigenvalue weighted by Crippen LogP contribution is -2.19. The Kier molecular flexibility index (Phi) is 8.61. The topological polar surface area (TPSA) is 52.6 Å². The molecule has 0 bridgehead atoms. The zero-order chi connectivity index (χ0) is 15.7. The van der Waals surface area contributed by atoms with Crippen LogP contribution in [0.4, 0.5) is 0 Å². The van der Waals surface area contributed by atoms with Crippen molar-refractivity contribution in [3.63, 3.8) is 0 Å². The van der Waals surface area contributed by atoms with E-state index in [1.54, 1.807) is 13.8 Å². The van der Waals surface area contributed by atoms with Crippen molar-refractivity contribution in [2.24, 2.45) is 11.8 Å². The minimum absolute atomic E-state index is 0.215. The number of esters is 2. The van der Waals surface area contributed by atoms with Crippen molar-refractivity contribution < 1.29 is 19.1 Å². The average molecular weight is 282 g/mol. The molecule has 20 heavy (non-hydrogen) atoms. The molecule has 4 heteroatoms. The summed E-state index contributed by atoms with van der Waals surface area (Å²) >= 11 is 0. The first-order valence-corrected chi connectivity index (χ1v) is 6.93. The molecule has 0 N–H and O–H groups in total. The van der Waals surface area contributed by atoms with E-state index >= 15 is 0 Å². The SMILES string of the molecule is C=C(C)C(=O)OCC(C)CC(CC)COC(=O)C(=C)C. The van der Waals surface area contributed by atoms with E-state index in [0.717, 1.165) is 12.8 Å². The van der Waals surface area contributed by atoms with Crippen LogP contribution in [-0.2, 0) is 19.1 Å². The maximum Gasteiger partial charge on any atom is 0.333 e. The quantitative estimate of drug-likeness (QED) is 0.481. The molecule has 0 aromatic rings. The minimum atomic E-state index is -0.362. The molecule has 0 aliphatic rings. The third kappa shape index (κ3) is 7.77. The number of carbonyl (C=O) groups is 2. The van der Waals surface area contributed by atoms with E-state index in [9.17, 15) is 9.59 Å². The standard InChI is InChI=1S/C16H26O4/c1-7-14(10-20-16(18)12(4)5)8-13(6)9-19-15(17)11(2)3/h13-14H,2,4,7-10H2,1,3,5-6H3. The van der Waals surface area contributed by atoms with Crippen LogP contribution in [0.1, 0.15) is 40.5 Å². The summed E-state index contributed by atoms with van der Waals surface area (Å²) in [6.07, 6.45) is 1.74. The molecule has 2 atom stereocenters. The molecule has 0 aliphatic carbocycles. The van der Waals surface area contributed by atoms with E-state index in [1.807, 2.05) is 13.8 Å². The summed E-state index contributed by atoms with van der Waals surface area (Å²) in [5.41, 5.74) is 0.808. The zero-order valence-electron chi connectivity index (χ0n) is 13.0. The number of ether oxygens (including phenoxy) is 2. The highest BCUT2D eigenvalue weighted by Gasteiger charge is 2.16. The van der Waals surface area contributed by atoms with Gasteiger partial charge in [-0.15, -0.1) is 0 Å². The van der Waals surface area contributed by atoms with Crippen molar-refractivity contribution in [1.29, 1.82) is 0 Å². The predicted molar refractivity (Wildman–Crippen MR) is 79.1 cm³/mol. The first kappa shape index (κ1) is 18.4. The average Bonchev–Trinajstić information content (AvgIpc) is 2.39. The van der Waals surface area contributed by atoms with Crippen LogP contribution in [-0.4, -0.2) is 25.2 Å². The number of hydrogen-bond donors (Lipinski definition) is 0. The van der Waals surface area contributed by atoms with Crippen LogP contribution in [0.15, 0.2) is 24.3 Å². The van der Waals surface area contributed by atoms with Crippen LogP contribution in [0.25, 0.3) is 0 Å². The van der Waals surface area contributed by atoms with E-state index in [4.69, 9.17) is 9.47 Å². The highest BCUT2D eigenvalue weighted by atomic mass is 16.5. The third-order valence-electron chi connectivity index (χ3n) is 2.96. The van der Waals surface area contributed by atoms with E-state index < -0.39 is 0 Å². The van der Waals surface area contributed by atoms with Crippen LogP contribution in [0, 0.1) is 11.8 Å². The van der Waals surface area contributed by atoms with Crippen molar-refractivity contribution in [2.45, 2.75) is 40.5 Å². The fourth-order valence-corrected chi connectivity index (χ4v) is 1.65. The van der Waals surface area contributed by atoms with Crippen molar-refractivity contribution >= 4 is 11.9 Å². The maximum absolute atomic E-state index is 11.3. The Morgan fingerprint density at radius 3 is 1.85 bits per heavy atom. The molecule has 2 unspecified atom stereocenters. The van der Waals surface area contributed by atoms with Crippen LogP contribution in [0.5, 0.6) is 0 Å². The van der Waals surface area contributed by atoms with Crippen molar-refractivity contribution in [1.82, 2.24) is 0 Å². The van der Waals surface area contributed by atoms with Gasteiger partial charge in [0.15, 0.2) is 0 Å². The Morgan fingerprint density at radius 2 is 1.45 bits per heavy atom. The molecule has 0 radical (unpaired) electrons. The van der Waals surface area contributed by atoms with Gasteiger partial charge in [-0.05, 0) is 32.1 Å². The van der Waals surface area contributed by atoms with Gasteiger partial charge in [-0.2, -0.15) is 0 Å². The molecule has 0 aliphatic heterocycles. The lowest BCUT2D eigenvalue weighted by Gasteiger charge is -2.19. The summed E-state index contributed by atoms with van der Waals surface area (Å²) in [4.78, 5) is 22.6. The zero-order valence-corrected chi connectivity index (χ0v) is 13.0. The van der Waals surface area contributed by atoms with Crippen molar-refractivity contribution in [2.75, 3.05) is 13.2 Å². The Morgan fingerprint density at radius 1 is 1.00 bits per heavy atom. The van der Waals surface area contributed by atoms with E-state index in [1.165, 1.54) is 0 Å². The van der Waals surface area contributed by atoms with Gasteiger partial charge in [0.25, 0.3) is 0 Å². The summed E-state index contributed by atoms with van der Waals surface area (Å²) in [6.45, 7) is 15.1. The molecule has 0 rings (SSSR count). The molecule has 114 valence electrons. The van der Waals surface area contributed by atoms with Gasteiger partial charge in [-0.1, -0.05) is 33.4 Å². The van der Waals surface area contributed by atoms with Crippen molar-refractivity contribution in [3.05, 3.63) is 24.3 Å². The summed E-state index contributed by atoms with van der Waals surface area (Å²) in [5, 5.41) is 0. The summed E-state index contributed by atoms with van der Waals surface area (Å²) in [6, 6.07) is 0. The molecule has 0 saturated carbocycles. The molecular weight excluding hydrogens is 256 g/mol. The number of carbonyl (C=O) groups excluding carboxylic acids is 2. The highest BCUT2D eigenvalue weighted by molar-refractivity contribution is 5.87. The second-order valence-corrected chi connectivity index (χ2v) is 5.37. The Hall–Kier alpha value is -1.58. The molecular formula is C16H26O4. The molecule has 0 heterocycles. The predicted octanol–water partition coefficient (Wildman–Crippen LogP) is 3.28. The lowest BCUT2D eigenvalue weighted by atomic mass is 9.95. The van der Waals surface area contributed by atoms with Crippen LogP contribution in [0.3, 0.4) is 0 Å². The fourth-order valence-electron chi connectivity index (χ4n) is 1.65. The van der Waals surface area contributed by atoms with Gasteiger partial charge in [0, 0.05) is 11.1 Å². The second-order valence-electron chi connectivity index (χ2n) is 5.37. The van der Waals surface area contributed by atoms with Gasteiger partial charge in [0.1, 0.15) is 0 Å². The van der Waals surface area contributed by atoms with Gasteiger partial charge < -0.3 is 9.47 Å². The molecule has 0 fully saturated rings. The Balaban J connectivity index is 4.09. The smallest absolute Gasteiger partial charge is 0.333 e. The van der Waals surface area contributed by atoms with Gasteiger partial charge in [0.2, 0.25) is 0 Å². The largest absolute Gasteiger partial charge is 0.462 e. The van der Waals surface area contributed by atoms with Crippen molar-refractivity contribution in [3.8, 4) is 0 Å². The fraction of sp³-hybridized carbons (Fsp3) is 0.625. The molecule has 0 spiro atoms. The second kappa shape index (κ2) is 9.34. The first-order chi connectivity index (χ1) is 9.27. The summed E-state index contributed by atoms with van der Waals surface area (Å²) < 4.78 is 10.3. The highest BCUT2D eigenvalue weighted by Crippen LogP contribution is 2.17. The van der Waals surface area contributed by atoms with Crippen LogP contribution >= 0.6 is 0 Å². The molecule has 0 saturated heterocycles. The molecule has 0 aromatic heterocycles. The summed E-state index contributed by atoms with van der Waals surface area (Å²) in [5.74, 6) is -0.243. The summed E-state index contributed by atoms with van der Waals surface area (Å²) in [7, 11) is 0. The van der Waals surface area contributed by atoms with Crippen LogP contribution < -0.4 is 0 Å².